The first-order valence-corrected chi connectivity index (χ1v) is 6.92. The Bertz CT molecular complexity index is 594. The van der Waals surface area contributed by atoms with E-state index in [1.807, 2.05) is 55.5 Å². The van der Waals surface area contributed by atoms with Crippen LogP contribution in [-0.2, 0) is 4.79 Å². The van der Waals surface area contributed by atoms with E-state index in [1.54, 1.807) is 7.11 Å². The van der Waals surface area contributed by atoms with Gasteiger partial charge in [0.2, 0.25) is 5.91 Å². The highest BCUT2D eigenvalue weighted by Crippen LogP contribution is 2.16. The third kappa shape index (κ3) is 4.84. The highest BCUT2D eigenvalue weighted by molar-refractivity contribution is 5.90. The quantitative estimate of drug-likeness (QED) is 0.854. The number of ether oxygens (including phenoxy) is 1. The first-order chi connectivity index (χ1) is 10.2. The summed E-state index contributed by atoms with van der Waals surface area (Å²) in [5, 5.41) is 6.08. The molecule has 0 atom stereocenters. The van der Waals surface area contributed by atoms with Crippen LogP contribution in [0.15, 0.2) is 48.5 Å². The third-order valence-electron chi connectivity index (χ3n) is 3.09. The van der Waals surface area contributed by atoms with Gasteiger partial charge in [-0.2, -0.15) is 0 Å². The summed E-state index contributed by atoms with van der Waals surface area (Å²) in [6.45, 7) is 2.59. The second-order valence-corrected chi connectivity index (χ2v) is 4.82. The smallest absolute Gasteiger partial charge is 0.226 e. The van der Waals surface area contributed by atoms with Gasteiger partial charge in [-0.3, -0.25) is 4.79 Å². The van der Waals surface area contributed by atoms with Gasteiger partial charge in [-0.1, -0.05) is 23.8 Å². The van der Waals surface area contributed by atoms with Crippen LogP contribution in [0.25, 0.3) is 0 Å². The fourth-order valence-electron chi connectivity index (χ4n) is 1.91. The van der Waals surface area contributed by atoms with Crippen LogP contribution in [0.2, 0.25) is 0 Å². The monoisotopic (exact) mass is 284 g/mol. The second kappa shape index (κ2) is 7.33. The van der Waals surface area contributed by atoms with Crippen molar-refractivity contribution in [2.24, 2.45) is 0 Å². The molecule has 0 aromatic heterocycles. The van der Waals surface area contributed by atoms with E-state index in [4.69, 9.17) is 4.74 Å². The maximum Gasteiger partial charge on any atom is 0.226 e. The van der Waals surface area contributed by atoms with Gasteiger partial charge >= 0.3 is 0 Å². The molecule has 0 aliphatic rings. The van der Waals surface area contributed by atoms with Gasteiger partial charge in [-0.25, -0.2) is 0 Å². The normalized spacial score (nSPS) is 10.0. The summed E-state index contributed by atoms with van der Waals surface area (Å²) in [4.78, 5) is 11.8. The molecule has 2 aromatic rings. The van der Waals surface area contributed by atoms with Crippen LogP contribution in [0.4, 0.5) is 11.4 Å². The number of anilines is 2. The lowest BCUT2D eigenvalue weighted by molar-refractivity contribution is -0.115. The molecule has 2 rings (SSSR count). The number of carbonyl (C=O) groups excluding carboxylic acids is 1. The summed E-state index contributed by atoms with van der Waals surface area (Å²) in [5.74, 6) is 0.790. The molecule has 4 nitrogen and oxygen atoms in total. The number of aryl methyl sites for hydroxylation is 1. The van der Waals surface area contributed by atoms with Crippen molar-refractivity contribution in [1.29, 1.82) is 0 Å². The Hall–Kier alpha value is -2.49. The summed E-state index contributed by atoms with van der Waals surface area (Å²) >= 11 is 0. The van der Waals surface area contributed by atoms with Crippen molar-refractivity contribution in [2.45, 2.75) is 13.3 Å². The zero-order valence-electron chi connectivity index (χ0n) is 12.3. The van der Waals surface area contributed by atoms with Crippen LogP contribution in [-0.4, -0.2) is 19.6 Å². The molecule has 2 aromatic carbocycles. The minimum atomic E-state index is -0.00532. The molecule has 4 heteroatoms. The zero-order chi connectivity index (χ0) is 15.1. The highest BCUT2D eigenvalue weighted by Gasteiger charge is 2.02. The Labute approximate surface area is 125 Å². The first-order valence-electron chi connectivity index (χ1n) is 6.92. The Morgan fingerprint density at radius 3 is 2.57 bits per heavy atom. The molecule has 0 saturated heterocycles. The molecule has 0 aliphatic carbocycles. The number of benzene rings is 2. The maximum absolute atomic E-state index is 11.8. The summed E-state index contributed by atoms with van der Waals surface area (Å²) in [7, 11) is 1.63. The lowest BCUT2D eigenvalue weighted by Gasteiger charge is -2.09. The number of rotatable bonds is 6. The first kappa shape index (κ1) is 14.9. The molecule has 0 fully saturated rings. The molecule has 0 spiro atoms. The molecule has 2 N–H and O–H groups in total. The summed E-state index contributed by atoms with van der Waals surface area (Å²) in [6, 6.07) is 15.4. The van der Waals surface area contributed by atoms with Gasteiger partial charge in [-0.15, -0.1) is 0 Å². The maximum atomic E-state index is 11.8. The van der Waals surface area contributed by atoms with E-state index < -0.39 is 0 Å². The molecular formula is C17H20N2O2. The van der Waals surface area contributed by atoms with E-state index >= 15 is 0 Å². The molecular weight excluding hydrogens is 264 g/mol. The molecule has 21 heavy (non-hydrogen) atoms. The fraction of sp³-hybridized carbons (Fsp3) is 0.235. The minimum absolute atomic E-state index is 0.00532. The Balaban J connectivity index is 1.77. The second-order valence-electron chi connectivity index (χ2n) is 4.82. The van der Waals surface area contributed by atoms with Crippen molar-refractivity contribution in [1.82, 2.24) is 0 Å². The van der Waals surface area contributed by atoms with Crippen LogP contribution in [0.5, 0.6) is 5.75 Å². The van der Waals surface area contributed by atoms with Crippen molar-refractivity contribution < 1.29 is 9.53 Å². The summed E-state index contributed by atoms with van der Waals surface area (Å²) < 4.78 is 5.15. The van der Waals surface area contributed by atoms with Crippen LogP contribution in [0.3, 0.4) is 0 Å². The van der Waals surface area contributed by atoms with Crippen LogP contribution in [0.1, 0.15) is 12.0 Å². The highest BCUT2D eigenvalue weighted by atomic mass is 16.5. The van der Waals surface area contributed by atoms with Gasteiger partial charge in [0.05, 0.1) is 7.11 Å². The van der Waals surface area contributed by atoms with Gasteiger partial charge in [0.1, 0.15) is 5.75 Å². The van der Waals surface area contributed by atoms with Crippen molar-refractivity contribution in [3.8, 4) is 5.75 Å². The Morgan fingerprint density at radius 1 is 1.10 bits per heavy atom. The average Bonchev–Trinajstić information content (AvgIpc) is 2.50. The molecule has 0 radical (unpaired) electrons. The minimum Gasteiger partial charge on any atom is -0.497 e. The van der Waals surface area contributed by atoms with Gasteiger partial charge in [-0.05, 0) is 31.2 Å². The predicted molar refractivity (Wildman–Crippen MR) is 85.9 cm³/mol. The van der Waals surface area contributed by atoms with Crippen LogP contribution in [0, 0.1) is 6.92 Å². The van der Waals surface area contributed by atoms with Gasteiger partial charge in [0.15, 0.2) is 0 Å². The fourth-order valence-corrected chi connectivity index (χ4v) is 1.91. The number of carbonyl (C=O) groups is 1. The Kier molecular flexibility index (Phi) is 5.21. The van der Waals surface area contributed by atoms with E-state index in [0.29, 0.717) is 13.0 Å². The van der Waals surface area contributed by atoms with E-state index in [0.717, 1.165) is 17.1 Å². The van der Waals surface area contributed by atoms with Crippen LogP contribution >= 0.6 is 0 Å². The van der Waals surface area contributed by atoms with Crippen molar-refractivity contribution in [3.63, 3.8) is 0 Å². The van der Waals surface area contributed by atoms with E-state index in [1.165, 1.54) is 5.56 Å². The molecule has 0 aliphatic heterocycles. The van der Waals surface area contributed by atoms with Crippen molar-refractivity contribution in [3.05, 3.63) is 54.1 Å². The largest absolute Gasteiger partial charge is 0.497 e. The number of nitrogens with one attached hydrogen (secondary N) is 2. The topological polar surface area (TPSA) is 50.4 Å². The van der Waals surface area contributed by atoms with Gasteiger partial charge in [0.25, 0.3) is 0 Å². The number of hydrogen-bond donors (Lipinski definition) is 2. The van der Waals surface area contributed by atoms with Gasteiger partial charge in [0, 0.05) is 30.4 Å². The Morgan fingerprint density at radius 2 is 1.86 bits per heavy atom. The summed E-state index contributed by atoms with van der Waals surface area (Å²) in [6.07, 6.45) is 0.408. The van der Waals surface area contributed by atoms with Crippen LogP contribution < -0.4 is 15.4 Å². The van der Waals surface area contributed by atoms with E-state index in [9.17, 15) is 4.79 Å². The third-order valence-corrected chi connectivity index (χ3v) is 3.09. The molecule has 0 bridgehead atoms. The van der Waals surface area contributed by atoms with Crippen molar-refractivity contribution in [2.75, 3.05) is 24.3 Å². The van der Waals surface area contributed by atoms with E-state index in [2.05, 4.69) is 10.6 Å². The molecule has 0 saturated carbocycles. The zero-order valence-corrected chi connectivity index (χ0v) is 12.3. The SMILES string of the molecule is COc1cccc(NCCC(=O)Nc2ccc(C)cc2)c1. The molecule has 0 heterocycles. The number of hydrogen-bond acceptors (Lipinski definition) is 3. The predicted octanol–water partition coefficient (Wildman–Crippen LogP) is 3.44. The number of methoxy groups -OCH3 is 1. The molecule has 0 unspecified atom stereocenters. The lowest BCUT2D eigenvalue weighted by Crippen LogP contribution is -2.16. The molecule has 1 amide bonds. The van der Waals surface area contributed by atoms with E-state index in [-0.39, 0.29) is 5.91 Å². The van der Waals surface area contributed by atoms with Crippen molar-refractivity contribution >= 4 is 17.3 Å². The van der Waals surface area contributed by atoms with Gasteiger partial charge < -0.3 is 15.4 Å². The number of amides is 1. The lowest BCUT2D eigenvalue weighted by atomic mass is 10.2. The molecule has 110 valence electrons. The standard InChI is InChI=1S/C17H20N2O2/c1-13-6-8-14(9-7-13)19-17(20)10-11-18-15-4-3-5-16(12-15)21-2/h3-9,12,18H,10-11H2,1-2H3,(H,19,20). The summed E-state index contributed by atoms with van der Waals surface area (Å²) in [5.41, 5.74) is 2.94. The average molecular weight is 284 g/mol.